The molecular weight excluding hydrogens is 321 g/mol. The van der Waals surface area contributed by atoms with Crippen molar-refractivity contribution >= 4 is 44.1 Å². The van der Waals surface area contributed by atoms with Gasteiger partial charge in [0.05, 0.1) is 0 Å². The van der Waals surface area contributed by atoms with Gasteiger partial charge in [-0.05, 0) is 13.8 Å². The van der Waals surface area contributed by atoms with Gasteiger partial charge in [-0.3, -0.25) is 20.0 Å². The third-order valence-corrected chi connectivity index (χ3v) is 3.13. The van der Waals surface area contributed by atoms with E-state index < -0.39 is 6.04 Å². The molecule has 0 aromatic heterocycles. The second kappa shape index (κ2) is 4.11. The van der Waals surface area contributed by atoms with E-state index in [-0.39, 0.29) is 11.9 Å². The summed E-state index contributed by atoms with van der Waals surface area (Å²) in [5, 5.41) is 7.95. The number of fused-ring (bicyclic) bond motifs is 1. The first-order chi connectivity index (χ1) is 7.60. The predicted octanol–water partition coefficient (Wildman–Crippen LogP) is 0.677. The SMILES string of the molecule is CCN1C(=N)N(CC)C2=NC(I)=NC2C1=O. The molecule has 2 rings (SSSR count). The average molecular weight is 333 g/mol. The quantitative estimate of drug-likeness (QED) is 0.596. The Bertz CT molecular complexity index is 416. The van der Waals surface area contributed by atoms with E-state index in [0.29, 0.717) is 22.8 Å². The second-order valence-corrected chi connectivity index (χ2v) is 4.39. The standard InChI is InChI=1S/C9H12IN5O/c1-3-14-6-5(12-8(10)13-6)7(16)15(4-2)9(14)11/h5,11H,3-4H2,1-2H3. The van der Waals surface area contributed by atoms with Gasteiger partial charge < -0.3 is 0 Å². The molecule has 2 aliphatic rings. The molecule has 16 heavy (non-hydrogen) atoms. The van der Waals surface area contributed by atoms with Gasteiger partial charge in [0, 0.05) is 35.7 Å². The molecule has 1 unspecified atom stereocenters. The van der Waals surface area contributed by atoms with Crippen molar-refractivity contribution in [3.63, 3.8) is 0 Å². The number of hydrogen-bond acceptors (Lipinski definition) is 4. The van der Waals surface area contributed by atoms with Gasteiger partial charge in [-0.15, -0.1) is 0 Å². The van der Waals surface area contributed by atoms with Crippen LogP contribution in [0.1, 0.15) is 13.8 Å². The van der Waals surface area contributed by atoms with Crippen LogP contribution >= 0.6 is 22.6 Å². The molecule has 0 bridgehead atoms. The maximum absolute atomic E-state index is 12.0. The maximum Gasteiger partial charge on any atom is 0.262 e. The molecule has 0 aliphatic carbocycles. The molecule has 0 spiro atoms. The summed E-state index contributed by atoms with van der Waals surface area (Å²) in [6, 6.07) is -0.541. The summed E-state index contributed by atoms with van der Waals surface area (Å²) in [4.78, 5) is 23.6. The summed E-state index contributed by atoms with van der Waals surface area (Å²) >= 11 is 1.99. The summed E-state index contributed by atoms with van der Waals surface area (Å²) in [7, 11) is 0. The minimum absolute atomic E-state index is 0.150. The van der Waals surface area contributed by atoms with Crippen molar-refractivity contribution in [3.8, 4) is 0 Å². The third kappa shape index (κ3) is 1.53. The van der Waals surface area contributed by atoms with E-state index in [1.54, 1.807) is 4.90 Å². The molecular formula is C9H12IN5O. The van der Waals surface area contributed by atoms with E-state index in [1.165, 1.54) is 4.90 Å². The Kier molecular flexibility index (Phi) is 2.96. The lowest BCUT2D eigenvalue weighted by Gasteiger charge is -2.37. The Morgan fingerprint density at radius 1 is 1.38 bits per heavy atom. The van der Waals surface area contributed by atoms with Crippen LogP contribution in [-0.4, -0.2) is 50.5 Å². The van der Waals surface area contributed by atoms with Gasteiger partial charge >= 0.3 is 0 Å². The number of halogens is 1. The van der Waals surface area contributed by atoms with Crippen molar-refractivity contribution < 1.29 is 4.79 Å². The Morgan fingerprint density at radius 3 is 2.56 bits per heavy atom. The van der Waals surface area contributed by atoms with Crippen LogP contribution in [0.5, 0.6) is 0 Å². The topological polar surface area (TPSA) is 72.1 Å². The van der Waals surface area contributed by atoms with Crippen molar-refractivity contribution in [1.82, 2.24) is 9.80 Å². The van der Waals surface area contributed by atoms with Crippen molar-refractivity contribution in [2.75, 3.05) is 13.1 Å². The highest BCUT2D eigenvalue weighted by atomic mass is 127. The fourth-order valence-corrected chi connectivity index (χ4v) is 2.37. The Morgan fingerprint density at radius 2 is 2.00 bits per heavy atom. The van der Waals surface area contributed by atoms with Crippen LogP contribution in [0.4, 0.5) is 0 Å². The number of carbonyl (C=O) groups is 1. The number of nitrogens with zero attached hydrogens (tertiary/aromatic N) is 4. The van der Waals surface area contributed by atoms with Crippen LogP contribution < -0.4 is 0 Å². The Hall–Kier alpha value is -0.990. The van der Waals surface area contributed by atoms with Crippen LogP contribution in [0.2, 0.25) is 0 Å². The number of likely N-dealkylation sites (N-methyl/N-ethyl adjacent to an activating group) is 2. The van der Waals surface area contributed by atoms with E-state index in [1.807, 2.05) is 36.4 Å². The molecule has 2 aliphatic heterocycles. The molecule has 86 valence electrons. The van der Waals surface area contributed by atoms with Crippen LogP contribution in [-0.2, 0) is 4.79 Å². The predicted molar refractivity (Wildman–Crippen MR) is 70.2 cm³/mol. The van der Waals surface area contributed by atoms with Gasteiger partial charge in [-0.25, -0.2) is 9.98 Å². The Labute approximate surface area is 107 Å². The summed E-state index contributed by atoms with van der Waals surface area (Å²) in [6.07, 6.45) is 0. The normalized spacial score (nSPS) is 24.6. The number of hydrogen-bond donors (Lipinski definition) is 1. The molecule has 1 amide bonds. The van der Waals surface area contributed by atoms with Crippen LogP contribution in [0.15, 0.2) is 9.98 Å². The molecule has 1 saturated heterocycles. The van der Waals surface area contributed by atoms with Gasteiger partial charge in [-0.2, -0.15) is 0 Å². The number of carbonyl (C=O) groups excluding carboxylic acids is 1. The van der Waals surface area contributed by atoms with Crippen molar-refractivity contribution in [3.05, 3.63) is 0 Å². The fraction of sp³-hybridized carbons (Fsp3) is 0.556. The second-order valence-electron chi connectivity index (χ2n) is 3.42. The van der Waals surface area contributed by atoms with Gasteiger partial charge in [0.15, 0.2) is 9.88 Å². The van der Waals surface area contributed by atoms with Gasteiger partial charge in [0.25, 0.3) is 5.91 Å². The monoisotopic (exact) mass is 333 g/mol. The number of amides is 1. The molecule has 7 heteroatoms. The first kappa shape index (κ1) is 11.5. The smallest absolute Gasteiger partial charge is 0.262 e. The number of guanidine groups is 1. The summed E-state index contributed by atoms with van der Waals surface area (Å²) in [5.74, 6) is 0.639. The first-order valence-electron chi connectivity index (χ1n) is 5.09. The lowest BCUT2D eigenvalue weighted by Crippen LogP contribution is -2.61. The van der Waals surface area contributed by atoms with Crippen molar-refractivity contribution in [1.29, 1.82) is 5.41 Å². The molecule has 0 radical (unpaired) electrons. The summed E-state index contributed by atoms with van der Waals surface area (Å²) in [6.45, 7) is 4.90. The average Bonchev–Trinajstić information content (AvgIpc) is 2.62. The van der Waals surface area contributed by atoms with E-state index in [0.717, 1.165) is 0 Å². The van der Waals surface area contributed by atoms with Crippen LogP contribution in [0, 0.1) is 5.41 Å². The molecule has 6 nitrogen and oxygen atoms in total. The lowest BCUT2D eigenvalue weighted by molar-refractivity contribution is -0.128. The minimum atomic E-state index is -0.541. The minimum Gasteiger partial charge on any atom is -0.298 e. The van der Waals surface area contributed by atoms with Crippen LogP contribution in [0.25, 0.3) is 0 Å². The van der Waals surface area contributed by atoms with Crippen molar-refractivity contribution in [2.45, 2.75) is 19.9 Å². The highest BCUT2D eigenvalue weighted by Crippen LogP contribution is 2.21. The molecule has 0 aromatic carbocycles. The van der Waals surface area contributed by atoms with Crippen molar-refractivity contribution in [2.24, 2.45) is 9.98 Å². The van der Waals surface area contributed by atoms with E-state index in [4.69, 9.17) is 5.41 Å². The van der Waals surface area contributed by atoms with Gasteiger partial charge in [-0.1, -0.05) is 0 Å². The fourth-order valence-electron chi connectivity index (χ4n) is 1.85. The third-order valence-electron chi connectivity index (χ3n) is 2.61. The maximum atomic E-state index is 12.0. The molecule has 1 N–H and O–H groups in total. The number of aliphatic imine (C=N–C) groups is 2. The molecule has 0 saturated carbocycles. The van der Waals surface area contributed by atoms with Crippen LogP contribution in [0.3, 0.4) is 0 Å². The van der Waals surface area contributed by atoms with E-state index >= 15 is 0 Å². The number of amidine groups is 2. The summed E-state index contributed by atoms with van der Waals surface area (Å²) in [5.41, 5.74) is 0. The zero-order valence-electron chi connectivity index (χ0n) is 9.07. The molecule has 1 atom stereocenters. The van der Waals surface area contributed by atoms with Gasteiger partial charge in [0.1, 0.15) is 5.84 Å². The molecule has 2 heterocycles. The molecule has 0 aromatic rings. The zero-order chi connectivity index (χ0) is 11.9. The highest BCUT2D eigenvalue weighted by Gasteiger charge is 2.43. The summed E-state index contributed by atoms with van der Waals surface area (Å²) < 4.78 is 0.579. The number of rotatable bonds is 2. The first-order valence-corrected chi connectivity index (χ1v) is 6.17. The van der Waals surface area contributed by atoms with E-state index in [9.17, 15) is 4.79 Å². The largest absolute Gasteiger partial charge is 0.298 e. The Balaban J connectivity index is 2.42. The molecule has 1 fully saturated rings. The zero-order valence-corrected chi connectivity index (χ0v) is 11.2. The van der Waals surface area contributed by atoms with Gasteiger partial charge in [0.2, 0.25) is 5.96 Å². The van der Waals surface area contributed by atoms with E-state index in [2.05, 4.69) is 9.98 Å². The highest BCUT2D eigenvalue weighted by molar-refractivity contribution is 14.1. The lowest BCUT2D eigenvalue weighted by atomic mass is 10.1. The number of nitrogens with one attached hydrogen (secondary N) is 1.